The van der Waals surface area contributed by atoms with E-state index in [1.807, 2.05) is 12.1 Å². The first-order chi connectivity index (χ1) is 11.1. The van der Waals surface area contributed by atoms with Gasteiger partial charge in [-0.2, -0.15) is 0 Å². The molecule has 1 fully saturated rings. The highest BCUT2D eigenvalue weighted by Gasteiger charge is 2.39. The molecule has 1 aromatic rings. The van der Waals surface area contributed by atoms with E-state index in [0.29, 0.717) is 19.4 Å². The third kappa shape index (κ3) is 3.72. The number of aliphatic carboxylic acids is 1. The molecule has 1 amide bonds. The predicted octanol–water partition coefficient (Wildman–Crippen LogP) is 2.25. The number of nitrogens with one attached hydrogen (secondary N) is 1. The summed E-state index contributed by atoms with van der Waals surface area (Å²) in [6, 6.07) is 8.30. The molecule has 23 heavy (non-hydrogen) atoms. The molecule has 0 aromatic heterocycles. The van der Waals surface area contributed by atoms with Crippen molar-refractivity contribution in [1.29, 1.82) is 0 Å². The lowest BCUT2D eigenvalue weighted by Crippen LogP contribution is -2.50. The van der Waals surface area contributed by atoms with Crippen LogP contribution < -0.4 is 5.32 Å². The standard InChI is InChI=1S/C18H23NO4/c20-16(19-18(11-17(21)22)8-9-23-12-18)10-14-6-3-5-13-4-1-2-7-15(13)14/h1-2,4,7,14H,3,5-6,8-12H2,(H,19,20)(H,21,22). The molecule has 0 bridgehead atoms. The second-order valence-electron chi connectivity index (χ2n) is 6.69. The van der Waals surface area contributed by atoms with E-state index in [1.165, 1.54) is 11.1 Å². The smallest absolute Gasteiger partial charge is 0.305 e. The van der Waals surface area contributed by atoms with Crippen molar-refractivity contribution in [1.82, 2.24) is 5.32 Å². The molecule has 0 spiro atoms. The van der Waals surface area contributed by atoms with Gasteiger partial charge in [0.2, 0.25) is 5.91 Å². The lowest BCUT2D eigenvalue weighted by molar-refractivity contribution is -0.139. The number of carboxylic acids is 1. The van der Waals surface area contributed by atoms with Crippen LogP contribution in [0, 0.1) is 0 Å². The minimum absolute atomic E-state index is 0.0709. The lowest BCUT2D eigenvalue weighted by atomic mass is 9.80. The van der Waals surface area contributed by atoms with E-state index in [9.17, 15) is 9.59 Å². The van der Waals surface area contributed by atoms with Crippen LogP contribution in [0.25, 0.3) is 0 Å². The molecular formula is C18H23NO4. The third-order valence-corrected chi connectivity index (χ3v) is 4.92. The van der Waals surface area contributed by atoms with Gasteiger partial charge < -0.3 is 15.2 Å². The highest BCUT2D eigenvalue weighted by Crippen LogP contribution is 2.34. The largest absolute Gasteiger partial charge is 0.481 e. The Labute approximate surface area is 136 Å². The predicted molar refractivity (Wildman–Crippen MR) is 85.3 cm³/mol. The number of carbonyl (C=O) groups is 2. The van der Waals surface area contributed by atoms with Crippen molar-refractivity contribution < 1.29 is 19.4 Å². The van der Waals surface area contributed by atoms with Crippen molar-refractivity contribution in [3.63, 3.8) is 0 Å². The van der Waals surface area contributed by atoms with Gasteiger partial charge in [-0.05, 0) is 42.7 Å². The van der Waals surface area contributed by atoms with Crippen LogP contribution in [-0.2, 0) is 20.7 Å². The van der Waals surface area contributed by atoms with Gasteiger partial charge in [-0.15, -0.1) is 0 Å². The zero-order chi connectivity index (χ0) is 16.3. The molecule has 2 atom stereocenters. The van der Waals surface area contributed by atoms with Gasteiger partial charge in [0.15, 0.2) is 0 Å². The van der Waals surface area contributed by atoms with Crippen molar-refractivity contribution in [2.75, 3.05) is 13.2 Å². The van der Waals surface area contributed by atoms with Crippen molar-refractivity contribution >= 4 is 11.9 Å². The third-order valence-electron chi connectivity index (χ3n) is 4.92. The van der Waals surface area contributed by atoms with Gasteiger partial charge in [0, 0.05) is 13.0 Å². The molecule has 1 aliphatic heterocycles. The van der Waals surface area contributed by atoms with Crippen LogP contribution in [0.15, 0.2) is 24.3 Å². The molecule has 1 aliphatic carbocycles. The quantitative estimate of drug-likeness (QED) is 0.873. The van der Waals surface area contributed by atoms with Crippen LogP contribution in [0.5, 0.6) is 0 Å². The molecule has 2 aliphatic rings. The van der Waals surface area contributed by atoms with Crippen LogP contribution in [0.1, 0.15) is 49.1 Å². The lowest BCUT2D eigenvalue weighted by Gasteiger charge is -2.30. The number of aryl methyl sites for hydroxylation is 1. The minimum Gasteiger partial charge on any atom is -0.481 e. The highest BCUT2D eigenvalue weighted by molar-refractivity contribution is 5.79. The fraction of sp³-hybridized carbons (Fsp3) is 0.556. The van der Waals surface area contributed by atoms with E-state index >= 15 is 0 Å². The van der Waals surface area contributed by atoms with E-state index in [2.05, 4.69) is 17.4 Å². The number of fused-ring (bicyclic) bond motifs is 1. The fourth-order valence-electron chi connectivity index (χ4n) is 3.82. The summed E-state index contributed by atoms with van der Waals surface area (Å²) in [5, 5.41) is 12.1. The fourth-order valence-corrected chi connectivity index (χ4v) is 3.82. The van der Waals surface area contributed by atoms with E-state index in [1.54, 1.807) is 0 Å². The van der Waals surface area contributed by atoms with Gasteiger partial charge in [0.05, 0.1) is 18.6 Å². The summed E-state index contributed by atoms with van der Waals surface area (Å²) in [7, 11) is 0. The molecule has 2 N–H and O–H groups in total. The first-order valence-electron chi connectivity index (χ1n) is 8.26. The normalized spacial score (nSPS) is 26.5. The molecule has 5 nitrogen and oxygen atoms in total. The molecule has 0 radical (unpaired) electrons. The molecule has 1 aromatic carbocycles. The van der Waals surface area contributed by atoms with Crippen LogP contribution in [0.3, 0.4) is 0 Å². The van der Waals surface area contributed by atoms with Gasteiger partial charge in [-0.3, -0.25) is 9.59 Å². The zero-order valence-corrected chi connectivity index (χ0v) is 13.2. The molecule has 1 heterocycles. The Kier molecular flexibility index (Phi) is 4.66. The second-order valence-corrected chi connectivity index (χ2v) is 6.69. The Morgan fingerprint density at radius 2 is 2.17 bits per heavy atom. The van der Waals surface area contributed by atoms with Gasteiger partial charge in [-0.25, -0.2) is 0 Å². The van der Waals surface area contributed by atoms with E-state index < -0.39 is 11.5 Å². The maximum atomic E-state index is 12.5. The van der Waals surface area contributed by atoms with Crippen LogP contribution in [-0.4, -0.2) is 35.7 Å². The minimum atomic E-state index is -0.904. The van der Waals surface area contributed by atoms with E-state index in [-0.39, 0.29) is 24.9 Å². The number of carboxylic acid groups (broad SMARTS) is 1. The summed E-state index contributed by atoms with van der Waals surface area (Å²) < 4.78 is 5.33. The summed E-state index contributed by atoms with van der Waals surface area (Å²) in [6.45, 7) is 0.784. The number of ether oxygens (including phenoxy) is 1. The molecule has 0 saturated carbocycles. The summed E-state index contributed by atoms with van der Waals surface area (Å²) in [5.74, 6) is -0.749. The Morgan fingerprint density at radius 3 is 2.91 bits per heavy atom. The molecular weight excluding hydrogens is 294 g/mol. The van der Waals surface area contributed by atoms with Gasteiger partial charge in [-0.1, -0.05) is 24.3 Å². The number of amides is 1. The van der Waals surface area contributed by atoms with Crippen LogP contribution >= 0.6 is 0 Å². The number of rotatable bonds is 5. The number of carbonyl (C=O) groups excluding carboxylic acids is 1. The Hall–Kier alpha value is -1.88. The van der Waals surface area contributed by atoms with Crippen molar-refractivity contribution in [3.8, 4) is 0 Å². The molecule has 3 rings (SSSR count). The number of hydrogen-bond donors (Lipinski definition) is 2. The Balaban J connectivity index is 1.67. The summed E-state index contributed by atoms with van der Waals surface area (Å²) in [4.78, 5) is 23.6. The first-order valence-corrected chi connectivity index (χ1v) is 8.26. The topological polar surface area (TPSA) is 75.6 Å². The van der Waals surface area contributed by atoms with Gasteiger partial charge >= 0.3 is 5.97 Å². The maximum absolute atomic E-state index is 12.5. The SMILES string of the molecule is O=C(O)CC1(NC(=O)CC2CCCc3ccccc32)CCOC1. The summed E-state index contributed by atoms with van der Waals surface area (Å²) in [5.41, 5.74) is 1.86. The highest BCUT2D eigenvalue weighted by atomic mass is 16.5. The summed E-state index contributed by atoms with van der Waals surface area (Å²) >= 11 is 0. The molecule has 1 saturated heterocycles. The van der Waals surface area contributed by atoms with Crippen LogP contribution in [0.4, 0.5) is 0 Å². The average Bonchev–Trinajstić information content (AvgIpc) is 2.94. The Morgan fingerprint density at radius 1 is 1.35 bits per heavy atom. The van der Waals surface area contributed by atoms with Crippen molar-refractivity contribution in [3.05, 3.63) is 35.4 Å². The van der Waals surface area contributed by atoms with Crippen LogP contribution in [0.2, 0.25) is 0 Å². The van der Waals surface area contributed by atoms with Gasteiger partial charge in [0.25, 0.3) is 0 Å². The summed E-state index contributed by atoms with van der Waals surface area (Å²) in [6.07, 6.45) is 4.07. The van der Waals surface area contributed by atoms with Gasteiger partial charge in [0.1, 0.15) is 0 Å². The molecule has 124 valence electrons. The average molecular weight is 317 g/mol. The molecule has 5 heteroatoms. The monoisotopic (exact) mass is 317 g/mol. The van der Waals surface area contributed by atoms with E-state index in [4.69, 9.17) is 9.84 Å². The Bertz CT molecular complexity index is 592. The maximum Gasteiger partial charge on any atom is 0.305 e. The van der Waals surface area contributed by atoms with Crippen molar-refractivity contribution in [2.24, 2.45) is 0 Å². The van der Waals surface area contributed by atoms with Crippen molar-refractivity contribution in [2.45, 2.75) is 50.0 Å². The zero-order valence-electron chi connectivity index (χ0n) is 13.2. The number of hydrogen-bond acceptors (Lipinski definition) is 3. The van der Waals surface area contributed by atoms with E-state index in [0.717, 1.165) is 19.3 Å². The number of benzene rings is 1. The first kappa shape index (κ1) is 16.0. The second kappa shape index (κ2) is 6.71. The molecule has 2 unspecified atom stereocenters.